The summed E-state index contributed by atoms with van der Waals surface area (Å²) < 4.78 is 49.3. The second-order valence-electron chi connectivity index (χ2n) is 12.4. The predicted octanol–water partition coefficient (Wildman–Crippen LogP) is 5.41. The number of hydrogen-bond acceptors (Lipinski definition) is 12. The molecular weight excluding hydrogens is 672 g/mol. The van der Waals surface area contributed by atoms with Gasteiger partial charge in [0.2, 0.25) is 11.6 Å². The summed E-state index contributed by atoms with van der Waals surface area (Å²) in [5.41, 5.74) is 0.655. The lowest BCUT2D eigenvalue weighted by molar-refractivity contribution is -0.469. The van der Waals surface area contributed by atoms with Crippen molar-refractivity contribution >= 4 is 23.9 Å². The first-order valence-electron chi connectivity index (χ1n) is 16.6. The number of hydrogen-bond donors (Lipinski definition) is 0. The molecule has 1 aliphatic heterocycles. The van der Waals surface area contributed by atoms with Gasteiger partial charge in [-0.1, -0.05) is 72.8 Å². The van der Waals surface area contributed by atoms with Crippen molar-refractivity contribution in [2.24, 2.45) is 0 Å². The number of methoxy groups -OCH3 is 2. The summed E-state index contributed by atoms with van der Waals surface area (Å²) >= 11 is 0. The SMILES string of the molecule is COC1(C)O[C@H]2[C@H](OC(=O)c3ccccc3)[C@@H](OC(=O)c3ccccc3)[C@@H](OC(=O)c3ccccc3)[C@H](OC(=O)c3ccccc3)[C@@H]2OC1(C)OC. The Kier molecular flexibility index (Phi) is 10.8. The van der Waals surface area contributed by atoms with E-state index in [0.29, 0.717) is 0 Å². The molecule has 1 heterocycles. The highest BCUT2D eigenvalue weighted by molar-refractivity contribution is 5.92. The molecule has 0 radical (unpaired) electrons. The number of esters is 4. The highest BCUT2D eigenvalue weighted by atomic mass is 16.8. The van der Waals surface area contributed by atoms with Gasteiger partial charge in [-0.05, 0) is 62.4 Å². The number of fused-ring (bicyclic) bond motifs is 1. The maximum atomic E-state index is 13.8. The quantitative estimate of drug-likeness (QED) is 0.153. The van der Waals surface area contributed by atoms with Crippen molar-refractivity contribution < 1.29 is 57.1 Å². The van der Waals surface area contributed by atoms with Crippen molar-refractivity contribution in [1.82, 2.24) is 0 Å². The largest absolute Gasteiger partial charge is 0.452 e. The van der Waals surface area contributed by atoms with E-state index in [1.807, 2.05) is 0 Å². The normalized spacial score (nSPS) is 28.1. The van der Waals surface area contributed by atoms with E-state index < -0.39 is 72.1 Å². The molecular formula is C40H38O12. The van der Waals surface area contributed by atoms with Crippen LogP contribution in [0.5, 0.6) is 0 Å². The van der Waals surface area contributed by atoms with Gasteiger partial charge < -0.3 is 37.9 Å². The van der Waals surface area contributed by atoms with E-state index in [1.165, 1.54) is 38.5 Å². The lowest BCUT2D eigenvalue weighted by atomic mass is 9.82. The fourth-order valence-electron chi connectivity index (χ4n) is 6.19. The van der Waals surface area contributed by atoms with Gasteiger partial charge in [0.1, 0.15) is 12.2 Å². The fraction of sp³-hybridized carbons (Fsp3) is 0.300. The molecule has 0 bridgehead atoms. The Bertz CT molecular complexity index is 1720. The molecule has 270 valence electrons. The molecule has 0 N–H and O–H groups in total. The van der Waals surface area contributed by atoms with Gasteiger partial charge in [-0.15, -0.1) is 0 Å². The maximum Gasteiger partial charge on any atom is 0.338 e. The van der Waals surface area contributed by atoms with Crippen LogP contribution in [0.2, 0.25) is 0 Å². The highest BCUT2D eigenvalue weighted by Crippen LogP contribution is 2.46. The van der Waals surface area contributed by atoms with Crippen molar-refractivity contribution in [2.45, 2.75) is 62.0 Å². The van der Waals surface area contributed by atoms with Crippen LogP contribution in [0.4, 0.5) is 0 Å². The van der Waals surface area contributed by atoms with Crippen LogP contribution in [0.1, 0.15) is 55.3 Å². The van der Waals surface area contributed by atoms with E-state index >= 15 is 0 Å². The van der Waals surface area contributed by atoms with Gasteiger partial charge >= 0.3 is 23.9 Å². The fourth-order valence-corrected chi connectivity index (χ4v) is 6.19. The summed E-state index contributed by atoms with van der Waals surface area (Å²) in [6.45, 7) is 3.11. The third kappa shape index (κ3) is 7.32. The molecule has 8 atom stereocenters. The average molecular weight is 711 g/mol. The van der Waals surface area contributed by atoms with E-state index in [4.69, 9.17) is 37.9 Å². The van der Waals surface area contributed by atoms with E-state index in [2.05, 4.69) is 0 Å². The third-order valence-electron chi connectivity index (χ3n) is 9.28. The van der Waals surface area contributed by atoms with E-state index in [0.717, 1.165) is 0 Å². The number of carbonyl (C=O) groups is 4. The van der Waals surface area contributed by atoms with Gasteiger partial charge in [-0.25, -0.2) is 19.2 Å². The van der Waals surface area contributed by atoms with Gasteiger partial charge in [0.05, 0.1) is 22.3 Å². The van der Waals surface area contributed by atoms with Gasteiger partial charge in [-0.2, -0.15) is 0 Å². The molecule has 1 saturated carbocycles. The maximum absolute atomic E-state index is 13.8. The molecule has 12 heteroatoms. The summed E-state index contributed by atoms with van der Waals surface area (Å²) in [5.74, 6) is -6.61. The monoisotopic (exact) mass is 710 g/mol. The first-order chi connectivity index (χ1) is 25.1. The van der Waals surface area contributed by atoms with Crippen molar-refractivity contribution in [3.05, 3.63) is 144 Å². The summed E-state index contributed by atoms with van der Waals surface area (Å²) in [5, 5.41) is 0. The first-order valence-corrected chi connectivity index (χ1v) is 16.6. The minimum absolute atomic E-state index is 0.151. The van der Waals surface area contributed by atoms with Crippen molar-refractivity contribution in [3.8, 4) is 0 Å². The second-order valence-corrected chi connectivity index (χ2v) is 12.4. The van der Waals surface area contributed by atoms with Gasteiger partial charge in [0.25, 0.3) is 0 Å². The summed E-state index contributed by atoms with van der Waals surface area (Å²) in [6, 6.07) is 32.4. The standard InChI is InChI=1S/C40H38O12/c1-39(45-3)40(2,46-4)52-34-32(50-38(44)28-23-15-8-16-24-28)30(48-36(42)26-19-11-6-12-20-26)29(47-35(41)25-17-9-5-10-18-25)31(33(34)51-39)49-37(43)27-21-13-7-14-22-27/h5-24,29-34H,1-4H3/t29-,30+,31+,32-,33-,34-,39?,40?/m0/s1. The molecule has 2 fully saturated rings. The summed E-state index contributed by atoms with van der Waals surface area (Å²) in [6.07, 6.45) is -9.01. The topological polar surface area (TPSA) is 142 Å². The zero-order chi connectivity index (χ0) is 36.9. The van der Waals surface area contributed by atoms with Crippen LogP contribution in [0.3, 0.4) is 0 Å². The van der Waals surface area contributed by atoms with Crippen LogP contribution in [-0.2, 0) is 37.9 Å². The molecule has 1 aliphatic carbocycles. The molecule has 0 spiro atoms. The zero-order valence-corrected chi connectivity index (χ0v) is 28.9. The van der Waals surface area contributed by atoms with Gasteiger partial charge in [0.15, 0.2) is 24.4 Å². The molecule has 2 aliphatic rings. The van der Waals surface area contributed by atoms with Crippen LogP contribution >= 0.6 is 0 Å². The number of ether oxygens (including phenoxy) is 8. The first kappa shape index (κ1) is 36.4. The van der Waals surface area contributed by atoms with Gasteiger partial charge in [0, 0.05) is 14.2 Å². The Hall–Kier alpha value is -5.40. The molecule has 0 aromatic heterocycles. The van der Waals surface area contributed by atoms with Crippen LogP contribution in [0, 0.1) is 0 Å². The average Bonchev–Trinajstić information content (AvgIpc) is 3.19. The minimum atomic E-state index is -1.66. The highest BCUT2D eigenvalue weighted by Gasteiger charge is 2.67. The number of benzene rings is 4. The van der Waals surface area contributed by atoms with E-state index in [9.17, 15) is 19.2 Å². The minimum Gasteiger partial charge on any atom is -0.452 e. The molecule has 2 unspecified atom stereocenters. The van der Waals surface area contributed by atoms with Crippen LogP contribution in [0.15, 0.2) is 121 Å². The lowest BCUT2D eigenvalue weighted by Crippen LogP contribution is -2.76. The smallest absolute Gasteiger partial charge is 0.338 e. The molecule has 12 nitrogen and oxygen atoms in total. The second kappa shape index (κ2) is 15.5. The predicted molar refractivity (Wildman–Crippen MR) is 183 cm³/mol. The van der Waals surface area contributed by atoms with Crippen LogP contribution < -0.4 is 0 Å². The molecule has 6 rings (SSSR count). The lowest BCUT2D eigenvalue weighted by Gasteiger charge is -2.57. The Labute approximate surface area is 300 Å². The van der Waals surface area contributed by atoms with E-state index in [1.54, 1.807) is 111 Å². The number of rotatable bonds is 10. The van der Waals surface area contributed by atoms with Crippen molar-refractivity contribution in [2.75, 3.05) is 14.2 Å². The molecule has 4 aromatic carbocycles. The molecule has 0 amide bonds. The van der Waals surface area contributed by atoms with Crippen LogP contribution in [0.25, 0.3) is 0 Å². The Morgan fingerprint density at radius 3 is 0.885 bits per heavy atom. The zero-order valence-electron chi connectivity index (χ0n) is 28.9. The van der Waals surface area contributed by atoms with Crippen LogP contribution in [-0.4, -0.2) is 86.3 Å². The summed E-state index contributed by atoms with van der Waals surface area (Å²) in [7, 11) is 2.75. The Balaban J connectivity index is 1.52. The molecule has 52 heavy (non-hydrogen) atoms. The van der Waals surface area contributed by atoms with Crippen molar-refractivity contribution in [3.63, 3.8) is 0 Å². The van der Waals surface area contributed by atoms with E-state index in [-0.39, 0.29) is 22.3 Å². The molecule has 4 aromatic rings. The summed E-state index contributed by atoms with van der Waals surface area (Å²) in [4.78, 5) is 55.2. The Morgan fingerprint density at radius 2 is 0.654 bits per heavy atom. The number of carbonyl (C=O) groups excluding carboxylic acids is 4. The third-order valence-corrected chi connectivity index (χ3v) is 9.28. The molecule has 1 saturated heterocycles. The van der Waals surface area contributed by atoms with Gasteiger partial charge in [-0.3, -0.25) is 0 Å². The van der Waals surface area contributed by atoms with Crippen molar-refractivity contribution in [1.29, 1.82) is 0 Å². The Morgan fingerprint density at radius 1 is 0.423 bits per heavy atom.